The first-order valence-electron chi connectivity index (χ1n) is 9.46. The van der Waals surface area contributed by atoms with Gasteiger partial charge in [-0.1, -0.05) is 30.3 Å². The molecule has 2 aromatic heterocycles. The summed E-state index contributed by atoms with van der Waals surface area (Å²) in [5, 5.41) is 4.80. The summed E-state index contributed by atoms with van der Waals surface area (Å²) in [5.74, 6) is 1.49. The van der Waals surface area contributed by atoms with E-state index in [9.17, 15) is 4.79 Å². The molecule has 0 aliphatic carbocycles. The fourth-order valence-corrected chi connectivity index (χ4v) is 3.42. The molecule has 0 aliphatic heterocycles. The van der Waals surface area contributed by atoms with E-state index in [1.807, 2.05) is 66.3 Å². The Bertz CT molecular complexity index is 1200. The van der Waals surface area contributed by atoms with Gasteiger partial charge in [0.1, 0.15) is 23.3 Å². The van der Waals surface area contributed by atoms with Crippen molar-refractivity contribution in [3.8, 4) is 11.6 Å². The van der Waals surface area contributed by atoms with Gasteiger partial charge in [0.15, 0.2) is 0 Å². The maximum atomic E-state index is 13.2. The van der Waals surface area contributed by atoms with Crippen LogP contribution in [0.15, 0.2) is 67.0 Å². The molecule has 7 heteroatoms. The normalized spacial score (nSPS) is 11.8. The first-order chi connectivity index (χ1) is 14.6. The van der Waals surface area contributed by atoms with Crippen LogP contribution in [0, 0.1) is 0 Å². The van der Waals surface area contributed by atoms with E-state index in [1.54, 1.807) is 26.5 Å². The van der Waals surface area contributed by atoms with Gasteiger partial charge < -0.3 is 19.4 Å². The zero-order valence-electron chi connectivity index (χ0n) is 17.0. The van der Waals surface area contributed by atoms with Crippen molar-refractivity contribution in [2.75, 3.05) is 14.2 Å². The van der Waals surface area contributed by atoms with Crippen molar-refractivity contribution in [3.05, 3.63) is 84.1 Å². The third-order valence-corrected chi connectivity index (χ3v) is 4.95. The van der Waals surface area contributed by atoms with E-state index >= 15 is 0 Å². The highest BCUT2D eigenvalue weighted by Gasteiger charge is 2.23. The van der Waals surface area contributed by atoms with Gasteiger partial charge in [-0.2, -0.15) is 0 Å². The monoisotopic (exact) mass is 402 g/mol. The molecule has 1 N–H and O–H groups in total. The summed E-state index contributed by atoms with van der Waals surface area (Å²) < 4.78 is 12.6. The first kappa shape index (κ1) is 19.4. The van der Waals surface area contributed by atoms with Crippen LogP contribution in [0.5, 0.6) is 11.6 Å². The van der Waals surface area contributed by atoms with Gasteiger partial charge >= 0.3 is 0 Å². The lowest BCUT2D eigenvalue weighted by atomic mass is 10.0. The molecule has 4 rings (SSSR count). The van der Waals surface area contributed by atoms with Gasteiger partial charge in [0.2, 0.25) is 5.88 Å². The molecular formula is C23H22N4O3. The minimum absolute atomic E-state index is 0.271. The molecule has 0 radical (unpaired) electrons. The van der Waals surface area contributed by atoms with Gasteiger partial charge in [-0.15, -0.1) is 0 Å². The van der Waals surface area contributed by atoms with Crippen LogP contribution >= 0.6 is 0 Å². The number of carbonyl (C=O) groups is 1. The number of fused-ring (bicyclic) bond motifs is 1. The zero-order chi connectivity index (χ0) is 21.1. The molecule has 0 bridgehead atoms. The number of hydrogen-bond acceptors (Lipinski definition) is 5. The number of carbonyl (C=O) groups excluding carboxylic acids is 1. The smallest absolute Gasteiger partial charge is 0.270 e. The third-order valence-electron chi connectivity index (χ3n) is 4.95. The molecule has 1 atom stereocenters. The van der Waals surface area contributed by atoms with E-state index < -0.39 is 6.04 Å². The predicted octanol–water partition coefficient (Wildman–Crippen LogP) is 3.50. The highest BCUT2D eigenvalue weighted by Crippen LogP contribution is 2.27. The Labute approximate surface area is 174 Å². The van der Waals surface area contributed by atoms with E-state index in [0.29, 0.717) is 17.5 Å². The van der Waals surface area contributed by atoms with Crippen LogP contribution in [-0.2, 0) is 7.05 Å². The number of nitrogens with zero attached hydrogens (tertiary/aromatic N) is 3. The number of nitrogens with one attached hydrogen (secondary N) is 1. The molecular weight excluding hydrogens is 380 g/mol. The molecule has 0 saturated heterocycles. The molecule has 30 heavy (non-hydrogen) atoms. The van der Waals surface area contributed by atoms with E-state index in [0.717, 1.165) is 16.3 Å². The molecule has 0 fully saturated rings. The van der Waals surface area contributed by atoms with E-state index in [2.05, 4.69) is 15.3 Å². The van der Waals surface area contributed by atoms with Crippen LogP contribution in [0.2, 0.25) is 0 Å². The molecule has 0 spiro atoms. The largest absolute Gasteiger partial charge is 0.497 e. The summed E-state index contributed by atoms with van der Waals surface area (Å²) in [5.41, 5.74) is 1.12. The van der Waals surface area contributed by atoms with Crippen molar-refractivity contribution in [2.45, 2.75) is 6.04 Å². The molecule has 2 aromatic carbocycles. The zero-order valence-corrected chi connectivity index (χ0v) is 17.0. The maximum Gasteiger partial charge on any atom is 0.270 e. The minimum Gasteiger partial charge on any atom is -0.497 e. The summed E-state index contributed by atoms with van der Waals surface area (Å²) in [4.78, 5) is 22.1. The summed E-state index contributed by atoms with van der Waals surface area (Å²) >= 11 is 0. The van der Waals surface area contributed by atoms with Crippen molar-refractivity contribution in [2.24, 2.45) is 7.05 Å². The van der Waals surface area contributed by atoms with Crippen LogP contribution in [0.1, 0.15) is 27.9 Å². The van der Waals surface area contributed by atoms with Crippen LogP contribution in [0.4, 0.5) is 0 Å². The maximum absolute atomic E-state index is 13.2. The predicted molar refractivity (Wildman–Crippen MR) is 114 cm³/mol. The fourth-order valence-electron chi connectivity index (χ4n) is 3.42. The molecule has 2 heterocycles. The molecule has 152 valence electrons. The number of aryl methyl sites for hydroxylation is 1. The lowest BCUT2D eigenvalue weighted by Crippen LogP contribution is -2.31. The number of amides is 1. The lowest BCUT2D eigenvalue weighted by Gasteiger charge is -2.20. The van der Waals surface area contributed by atoms with Gasteiger partial charge in [-0.25, -0.2) is 9.97 Å². The highest BCUT2D eigenvalue weighted by atomic mass is 16.5. The van der Waals surface area contributed by atoms with Crippen LogP contribution in [-0.4, -0.2) is 34.7 Å². The second-order valence-electron chi connectivity index (χ2n) is 6.82. The first-order valence-corrected chi connectivity index (χ1v) is 9.46. The Morgan fingerprint density at radius 3 is 2.63 bits per heavy atom. The van der Waals surface area contributed by atoms with Crippen molar-refractivity contribution >= 4 is 16.7 Å². The number of ether oxygens (including phenoxy) is 2. The Kier molecular flexibility index (Phi) is 5.34. The van der Waals surface area contributed by atoms with E-state index in [1.165, 1.54) is 0 Å². The Balaban J connectivity index is 1.74. The van der Waals surface area contributed by atoms with Crippen molar-refractivity contribution in [3.63, 3.8) is 0 Å². The summed E-state index contributed by atoms with van der Waals surface area (Å²) in [6, 6.07) is 16.5. The van der Waals surface area contributed by atoms with E-state index in [-0.39, 0.29) is 11.6 Å². The Morgan fingerprint density at radius 1 is 1.07 bits per heavy atom. The number of imidazole rings is 1. The number of methoxy groups -OCH3 is 2. The average Bonchev–Trinajstić information content (AvgIpc) is 3.21. The summed E-state index contributed by atoms with van der Waals surface area (Å²) in [7, 11) is 5.04. The molecule has 0 saturated carbocycles. The Hall–Kier alpha value is -3.87. The second-order valence-corrected chi connectivity index (χ2v) is 6.82. The molecule has 0 aliphatic rings. The highest BCUT2D eigenvalue weighted by molar-refractivity contribution is 5.98. The third kappa shape index (κ3) is 3.69. The van der Waals surface area contributed by atoms with Gasteiger partial charge in [0, 0.05) is 24.8 Å². The summed E-state index contributed by atoms with van der Waals surface area (Å²) in [6.45, 7) is 0. The van der Waals surface area contributed by atoms with Crippen LogP contribution < -0.4 is 14.8 Å². The van der Waals surface area contributed by atoms with Crippen molar-refractivity contribution in [1.82, 2.24) is 19.9 Å². The van der Waals surface area contributed by atoms with Crippen molar-refractivity contribution in [1.29, 1.82) is 0 Å². The number of rotatable bonds is 6. The number of pyridine rings is 1. The topological polar surface area (TPSA) is 78.3 Å². The molecule has 7 nitrogen and oxygen atoms in total. The summed E-state index contributed by atoms with van der Waals surface area (Å²) in [6.07, 6.45) is 3.54. The Morgan fingerprint density at radius 2 is 1.90 bits per heavy atom. The molecule has 0 unspecified atom stereocenters. The molecule has 1 amide bonds. The number of benzene rings is 2. The van der Waals surface area contributed by atoms with Crippen LogP contribution in [0.25, 0.3) is 10.8 Å². The standard InChI is InChI=1S/C23H22N4O3/c1-27-12-11-24-21(27)20(16-8-6-9-17(13-16)29-2)26-22(28)19-14-15-7-4-5-10-18(15)23(25-19)30-3/h4-14,20H,1-3H3,(H,26,28)/t20-/m1/s1. The second kappa shape index (κ2) is 8.24. The molecule has 4 aromatic rings. The van der Waals surface area contributed by atoms with Crippen molar-refractivity contribution < 1.29 is 14.3 Å². The quantitative estimate of drug-likeness (QED) is 0.534. The lowest BCUT2D eigenvalue weighted by molar-refractivity contribution is 0.0935. The van der Waals surface area contributed by atoms with Gasteiger partial charge in [0.05, 0.1) is 14.2 Å². The minimum atomic E-state index is -0.480. The number of aromatic nitrogens is 3. The average molecular weight is 402 g/mol. The number of hydrogen-bond donors (Lipinski definition) is 1. The van der Waals surface area contributed by atoms with Gasteiger partial charge in [-0.3, -0.25) is 4.79 Å². The van der Waals surface area contributed by atoms with E-state index in [4.69, 9.17) is 9.47 Å². The van der Waals surface area contributed by atoms with Gasteiger partial charge in [-0.05, 0) is 35.2 Å². The van der Waals surface area contributed by atoms with Gasteiger partial charge in [0.25, 0.3) is 5.91 Å². The fraction of sp³-hybridized carbons (Fsp3) is 0.174. The SMILES string of the molecule is COc1cccc([C@@H](NC(=O)c2cc3ccccc3c(OC)n2)c2nccn2C)c1. The van der Waals surface area contributed by atoms with Crippen LogP contribution in [0.3, 0.4) is 0 Å².